The van der Waals surface area contributed by atoms with E-state index in [4.69, 9.17) is 4.42 Å². The molecule has 34 heavy (non-hydrogen) atoms. The molecule has 0 radical (unpaired) electrons. The number of furan rings is 1. The topological polar surface area (TPSA) is 90.0 Å². The third kappa shape index (κ3) is 5.63. The summed E-state index contributed by atoms with van der Waals surface area (Å²) in [5.41, 5.74) is 3.58. The average Bonchev–Trinajstić information content (AvgIpc) is 3.46. The number of amides is 1. The molecule has 0 saturated carbocycles. The lowest BCUT2D eigenvalue weighted by Crippen LogP contribution is -2.21. The van der Waals surface area contributed by atoms with E-state index in [0.29, 0.717) is 23.1 Å². The summed E-state index contributed by atoms with van der Waals surface area (Å²) < 4.78 is 7.42. The fourth-order valence-electron chi connectivity index (χ4n) is 3.59. The molecule has 2 heterocycles. The molecule has 0 spiro atoms. The molecule has 7 nitrogen and oxygen atoms in total. The highest BCUT2D eigenvalue weighted by molar-refractivity contribution is 7.99. The highest BCUT2D eigenvalue weighted by atomic mass is 32.2. The summed E-state index contributed by atoms with van der Waals surface area (Å²) >= 11 is 1.36. The second-order valence-electron chi connectivity index (χ2n) is 7.86. The highest BCUT2D eigenvalue weighted by Crippen LogP contribution is 2.30. The number of thioether (sulfide) groups is 1. The highest BCUT2D eigenvalue weighted by Gasteiger charge is 2.20. The zero-order chi connectivity index (χ0) is 23.9. The van der Waals surface area contributed by atoms with Crippen molar-refractivity contribution in [3.63, 3.8) is 0 Å². The third-order valence-corrected chi connectivity index (χ3v) is 6.30. The van der Waals surface area contributed by atoms with Crippen LogP contribution in [0.1, 0.15) is 35.0 Å². The standard InChI is InChI=1S/C26H26N4O3S/c1-18-23(14-16-33-18)25-28-29-26(30(25)22-8-4-3-5-9-22)34-17-24(32)21-12-10-20(11-13-21)7-6-15-27-19(2)31/h3-5,8-14,16H,6-7,15,17H2,1-2H3,(H,27,31). The predicted octanol–water partition coefficient (Wildman–Crippen LogP) is 4.88. The van der Waals surface area contributed by atoms with Gasteiger partial charge < -0.3 is 9.73 Å². The van der Waals surface area contributed by atoms with Crippen LogP contribution in [0.15, 0.2) is 76.5 Å². The Labute approximate surface area is 202 Å². The zero-order valence-corrected chi connectivity index (χ0v) is 20.0. The fourth-order valence-corrected chi connectivity index (χ4v) is 4.44. The van der Waals surface area contributed by atoms with Gasteiger partial charge in [0.2, 0.25) is 5.91 Å². The van der Waals surface area contributed by atoms with E-state index in [1.165, 1.54) is 18.7 Å². The van der Waals surface area contributed by atoms with Gasteiger partial charge in [0.05, 0.1) is 17.6 Å². The van der Waals surface area contributed by atoms with Crippen molar-refractivity contribution in [2.75, 3.05) is 12.3 Å². The van der Waals surface area contributed by atoms with Gasteiger partial charge in [-0.2, -0.15) is 0 Å². The van der Waals surface area contributed by atoms with Crippen molar-refractivity contribution in [3.8, 4) is 17.1 Å². The molecule has 1 amide bonds. The van der Waals surface area contributed by atoms with Gasteiger partial charge in [-0.1, -0.05) is 54.2 Å². The van der Waals surface area contributed by atoms with Gasteiger partial charge >= 0.3 is 0 Å². The van der Waals surface area contributed by atoms with E-state index < -0.39 is 0 Å². The van der Waals surface area contributed by atoms with Crippen LogP contribution in [0, 0.1) is 6.92 Å². The van der Waals surface area contributed by atoms with Crippen molar-refractivity contribution in [2.45, 2.75) is 31.8 Å². The smallest absolute Gasteiger partial charge is 0.216 e. The molecule has 8 heteroatoms. The second kappa shape index (κ2) is 11.0. The Bertz CT molecular complexity index is 1260. The number of ketones is 1. The number of benzene rings is 2. The molecule has 0 bridgehead atoms. The first-order valence-corrected chi connectivity index (χ1v) is 12.1. The van der Waals surface area contributed by atoms with Gasteiger partial charge in [-0.15, -0.1) is 10.2 Å². The van der Waals surface area contributed by atoms with Crippen LogP contribution in [0.3, 0.4) is 0 Å². The van der Waals surface area contributed by atoms with E-state index in [9.17, 15) is 9.59 Å². The molecule has 0 saturated heterocycles. The normalized spacial score (nSPS) is 10.9. The Kier molecular flexibility index (Phi) is 7.59. The van der Waals surface area contributed by atoms with E-state index >= 15 is 0 Å². The van der Waals surface area contributed by atoms with E-state index in [1.54, 1.807) is 6.26 Å². The summed E-state index contributed by atoms with van der Waals surface area (Å²) in [6.45, 7) is 4.05. The molecular weight excluding hydrogens is 448 g/mol. The number of rotatable bonds is 10. The monoisotopic (exact) mass is 474 g/mol. The summed E-state index contributed by atoms with van der Waals surface area (Å²) in [5, 5.41) is 12.2. The Morgan fingerprint density at radius 3 is 2.47 bits per heavy atom. The number of Topliss-reactive ketones (excluding diaryl/α,β-unsaturated/α-hetero) is 1. The maximum absolute atomic E-state index is 12.9. The van der Waals surface area contributed by atoms with Crippen LogP contribution < -0.4 is 5.32 Å². The van der Waals surface area contributed by atoms with Crippen molar-refractivity contribution in [1.29, 1.82) is 0 Å². The minimum Gasteiger partial charge on any atom is -0.469 e. The summed E-state index contributed by atoms with van der Waals surface area (Å²) in [5.74, 6) is 1.69. The minimum absolute atomic E-state index is 0.0198. The summed E-state index contributed by atoms with van der Waals surface area (Å²) in [7, 11) is 0. The Hall–Kier alpha value is -3.65. The van der Waals surface area contributed by atoms with Crippen molar-refractivity contribution >= 4 is 23.5 Å². The van der Waals surface area contributed by atoms with E-state index in [1.807, 2.05) is 72.2 Å². The van der Waals surface area contributed by atoms with Crippen LogP contribution in [0.25, 0.3) is 17.1 Å². The number of para-hydroxylation sites is 1. The summed E-state index contributed by atoms with van der Waals surface area (Å²) in [4.78, 5) is 23.8. The van der Waals surface area contributed by atoms with E-state index in [0.717, 1.165) is 35.4 Å². The molecule has 4 rings (SSSR count). The van der Waals surface area contributed by atoms with Crippen LogP contribution in [0.4, 0.5) is 0 Å². The lowest BCUT2D eigenvalue weighted by Gasteiger charge is -2.10. The van der Waals surface area contributed by atoms with Crippen molar-refractivity contribution in [1.82, 2.24) is 20.1 Å². The Balaban J connectivity index is 1.45. The van der Waals surface area contributed by atoms with Gasteiger partial charge in [0.15, 0.2) is 16.8 Å². The van der Waals surface area contributed by atoms with Crippen molar-refractivity contribution < 1.29 is 14.0 Å². The molecule has 2 aromatic carbocycles. The first-order valence-electron chi connectivity index (χ1n) is 11.1. The number of nitrogens with one attached hydrogen (secondary N) is 1. The number of nitrogens with zero attached hydrogens (tertiary/aromatic N) is 3. The van der Waals surface area contributed by atoms with Gasteiger partial charge in [-0.05, 0) is 43.5 Å². The molecule has 0 aliphatic carbocycles. The van der Waals surface area contributed by atoms with Crippen LogP contribution in [-0.4, -0.2) is 38.8 Å². The van der Waals surface area contributed by atoms with Gasteiger partial charge in [0, 0.05) is 24.7 Å². The predicted molar refractivity (Wildman–Crippen MR) is 132 cm³/mol. The minimum atomic E-state index is -0.0198. The Morgan fingerprint density at radius 2 is 1.79 bits per heavy atom. The SMILES string of the molecule is CC(=O)NCCCc1ccc(C(=O)CSc2nnc(-c3ccoc3C)n2-c2ccccc2)cc1. The molecule has 0 atom stereocenters. The summed E-state index contributed by atoms with van der Waals surface area (Å²) in [6.07, 6.45) is 3.34. The molecule has 4 aromatic rings. The molecule has 174 valence electrons. The van der Waals surface area contributed by atoms with E-state index in [2.05, 4.69) is 15.5 Å². The Morgan fingerprint density at radius 1 is 1.03 bits per heavy atom. The maximum Gasteiger partial charge on any atom is 0.216 e. The maximum atomic E-state index is 12.9. The molecular formula is C26H26N4O3S. The third-order valence-electron chi connectivity index (χ3n) is 5.37. The van der Waals surface area contributed by atoms with Gasteiger partial charge in [0.25, 0.3) is 0 Å². The van der Waals surface area contributed by atoms with Gasteiger partial charge in [-0.25, -0.2) is 0 Å². The lowest BCUT2D eigenvalue weighted by atomic mass is 10.1. The molecule has 0 fully saturated rings. The molecule has 0 unspecified atom stereocenters. The lowest BCUT2D eigenvalue weighted by molar-refractivity contribution is -0.118. The summed E-state index contributed by atoms with van der Waals surface area (Å²) in [6, 6.07) is 19.4. The first-order chi connectivity index (χ1) is 16.5. The van der Waals surface area contributed by atoms with Crippen molar-refractivity contribution in [2.24, 2.45) is 0 Å². The average molecular weight is 475 g/mol. The van der Waals surface area contributed by atoms with Crippen LogP contribution in [0.2, 0.25) is 0 Å². The van der Waals surface area contributed by atoms with Gasteiger partial charge in [0.1, 0.15) is 5.76 Å². The van der Waals surface area contributed by atoms with Crippen molar-refractivity contribution in [3.05, 3.63) is 83.8 Å². The molecule has 0 aliphatic heterocycles. The van der Waals surface area contributed by atoms with Crippen LogP contribution >= 0.6 is 11.8 Å². The van der Waals surface area contributed by atoms with E-state index in [-0.39, 0.29) is 17.4 Å². The first kappa shape index (κ1) is 23.5. The number of aryl methyl sites for hydroxylation is 2. The number of aromatic nitrogens is 3. The van der Waals surface area contributed by atoms with Gasteiger partial charge in [-0.3, -0.25) is 14.2 Å². The second-order valence-corrected chi connectivity index (χ2v) is 8.81. The largest absolute Gasteiger partial charge is 0.469 e. The number of hydrogen-bond acceptors (Lipinski definition) is 6. The molecule has 2 aromatic heterocycles. The fraction of sp³-hybridized carbons (Fsp3) is 0.231. The number of hydrogen-bond donors (Lipinski definition) is 1. The quantitative estimate of drug-likeness (QED) is 0.200. The number of carbonyl (C=O) groups excluding carboxylic acids is 2. The molecule has 1 N–H and O–H groups in total. The van der Waals surface area contributed by atoms with Crippen LogP contribution in [-0.2, 0) is 11.2 Å². The zero-order valence-electron chi connectivity index (χ0n) is 19.2. The van der Waals surface area contributed by atoms with Crippen LogP contribution in [0.5, 0.6) is 0 Å². The number of carbonyl (C=O) groups is 2. The molecule has 0 aliphatic rings.